The van der Waals surface area contributed by atoms with Gasteiger partial charge in [-0.05, 0) is 47.5 Å². The van der Waals surface area contributed by atoms with Gasteiger partial charge in [0.2, 0.25) is 11.9 Å². The Morgan fingerprint density at radius 1 is 0.935 bits per heavy atom. The summed E-state index contributed by atoms with van der Waals surface area (Å²) in [5.74, 6) is 1.34. The number of rotatable bonds is 7. The van der Waals surface area contributed by atoms with Gasteiger partial charge in [-0.15, -0.1) is 0 Å². The van der Waals surface area contributed by atoms with Gasteiger partial charge in [0.1, 0.15) is 11.6 Å². The Kier molecular flexibility index (Phi) is 5.93. The second kappa shape index (κ2) is 9.13. The molecule has 7 heteroatoms. The first kappa shape index (κ1) is 20.2. The van der Waals surface area contributed by atoms with Crippen molar-refractivity contribution in [1.82, 2.24) is 9.97 Å². The lowest BCUT2D eigenvalue weighted by molar-refractivity contribution is -0.115. The summed E-state index contributed by atoms with van der Waals surface area (Å²) in [5, 5.41) is 19.7. The van der Waals surface area contributed by atoms with Crippen LogP contribution in [0.2, 0.25) is 0 Å². The highest BCUT2D eigenvalue weighted by Crippen LogP contribution is 2.21. The Labute approximate surface area is 180 Å². The Bertz CT molecular complexity index is 1210. The minimum atomic E-state index is -0.138. The Morgan fingerprint density at radius 2 is 1.74 bits per heavy atom. The van der Waals surface area contributed by atoms with Crippen LogP contribution >= 0.6 is 0 Å². The molecule has 4 N–H and O–H groups in total. The van der Waals surface area contributed by atoms with Crippen LogP contribution in [0.5, 0.6) is 5.75 Å². The molecular formula is C24H23N5O2. The fourth-order valence-corrected chi connectivity index (χ4v) is 3.29. The van der Waals surface area contributed by atoms with Crippen LogP contribution in [0.15, 0.2) is 72.8 Å². The number of aromatic nitrogens is 2. The van der Waals surface area contributed by atoms with E-state index in [1.807, 2.05) is 61.6 Å². The van der Waals surface area contributed by atoms with Crippen molar-refractivity contribution in [1.29, 1.82) is 0 Å². The molecule has 0 aliphatic heterocycles. The predicted molar refractivity (Wildman–Crippen MR) is 123 cm³/mol. The molecule has 4 rings (SSSR count). The number of para-hydroxylation sites is 1. The van der Waals surface area contributed by atoms with Gasteiger partial charge in [-0.1, -0.05) is 36.4 Å². The van der Waals surface area contributed by atoms with Crippen molar-refractivity contribution in [2.45, 2.75) is 13.0 Å². The highest BCUT2D eigenvalue weighted by Gasteiger charge is 2.07. The first-order chi connectivity index (χ1) is 15.1. The van der Waals surface area contributed by atoms with E-state index < -0.39 is 0 Å². The van der Waals surface area contributed by atoms with E-state index in [1.165, 1.54) is 0 Å². The molecule has 0 radical (unpaired) electrons. The number of nitrogens with one attached hydrogen (secondary N) is 3. The van der Waals surface area contributed by atoms with E-state index in [-0.39, 0.29) is 18.1 Å². The van der Waals surface area contributed by atoms with Crippen LogP contribution in [0.3, 0.4) is 0 Å². The van der Waals surface area contributed by atoms with Crippen molar-refractivity contribution in [3.05, 3.63) is 83.9 Å². The number of benzene rings is 3. The molecule has 0 saturated carbocycles. The number of anilines is 3. The van der Waals surface area contributed by atoms with Crippen molar-refractivity contribution >= 4 is 34.3 Å². The van der Waals surface area contributed by atoms with E-state index >= 15 is 0 Å². The number of phenols is 1. The number of hydrogen-bond donors (Lipinski definition) is 4. The van der Waals surface area contributed by atoms with Gasteiger partial charge in [-0.25, -0.2) is 4.98 Å². The van der Waals surface area contributed by atoms with Crippen LogP contribution in [0.1, 0.15) is 11.1 Å². The molecule has 0 spiro atoms. The molecule has 1 aromatic heterocycles. The van der Waals surface area contributed by atoms with Gasteiger partial charge in [0.15, 0.2) is 0 Å². The summed E-state index contributed by atoms with van der Waals surface area (Å²) >= 11 is 0. The molecule has 31 heavy (non-hydrogen) atoms. The molecule has 0 saturated heterocycles. The average molecular weight is 413 g/mol. The van der Waals surface area contributed by atoms with Crippen LogP contribution in [0.25, 0.3) is 10.9 Å². The molecule has 0 bridgehead atoms. The average Bonchev–Trinajstić information content (AvgIpc) is 2.78. The molecule has 0 aliphatic carbocycles. The molecule has 0 fully saturated rings. The van der Waals surface area contributed by atoms with E-state index in [2.05, 4.69) is 25.9 Å². The predicted octanol–water partition coefficient (Wildman–Crippen LogP) is 4.17. The van der Waals surface area contributed by atoms with Gasteiger partial charge in [0.05, 0.1) is 11.9 Å². The standard InChI is InChI=1S/C24H23N5O2/c1-25-23-20-7-2-3-8-21(20)28-24(29-23)26-15-16-9-11-18(12-10-16)27-22(31)14-17-5-4-6-19(30)13-17/h2-13,30H,14-15H2,1H3,(H,27,31)(H2,25,26,28,29). The third-order valence-corrected chi connectivity index (χ3v) is 4.80. The topological polar surface area (TPSA) is 99.2 Å². The van der Waals surface area contributed by atoms with Gasteiger partial charge in [0, 0.05) is 24.7 Å². The lowest BCUT2D eigenvalue weighted by Crippen LogP contribution is -2.14. The van der Waals surface area contributed by atoms with Gasteiger partial charge in [-0.2, -0.15) is 4.98 Å². The highest BCUT2D eigenvalue weighted by atomic mass is 16.3. The third-order valence-electron chi connectivity index (χ3n) is 4.80. The quantitative estimate of drug-likeness (QED) is 0.363. The largest absolute Gasteiger partial charge is 0.508 e. The maximum atomic E-state index is 12.2. The molecular weight excluding hydrogens is 390 g/mol. The van der Waals surface area contributed by atoms with Crippen molar-refractivity contribution in [3.63, 3.8) is 0 Å². The van der Waals surface area contributed by atoms with E-state index in [0.717, 1.165) is 27.8 Å². The fourth-order valence-electron chi connectivity index (χ4n) is 3.29. The van der Waals surface area contributed by atoms with Gasteiger partial charge in [0.25, 0.3) is 0 Å². The number of carbonyl (C=O) groups excluding carboxylic acids is 1. The van der Waals surface area contributed by atoms with Crippen LogP contribution in [0, 0.1) is 0 Å². The van der Waals surface area contributed by atoms with Crippen molar-refractivity contribution in [2.24, 2.45) is 0 Å². The minimum Gasteiger partial charge on any atom is -0.508 e. The zero-order valence-electron chi connectivity index (χ0n) is 17.1. The van der Waals surface area contributed by atoms with Crippen molar-refractivity contribution in [3.8, 4) is 5.75 Å². The highest BCUT2D eigenvalue weighted by molar-refractivity contribution is 5.92. The molecule has 3 aromatic carbocycles. The van der Waals surface area contributed by atoms with Crippen molar-refractivity contribution in [2.75, 3.05) is 23.0 Å². The Balaban J connectivity index is 1.36. The van der Waals surface area contributed by atoms with Gasteiger partial charge in [-0.3, -0.25) is 4.79 Å². The summed E-state index contributed by atoms with van der Waals surface area (Å²) in [5.41, 5.74) is 3.38. The number of carbonyl (C=O) groups is 1. The number of amides is 1. The third kappa shape index (κ3) is 5.08. The second-order valence-electron chi connectivity index (χ2n) is 7.11. The fraction of sp³-hybridized carbons (Fsp3) is 0.125. The maximum absolute atomic E-state index is 12.2. The first-order valence-corrected chi connectivity index (χ1v) is 9.96. The summed E-state index contributed by atoms with van der Waals surface area (Å²) < 4.78 is 0. The van der Waals surface area contributed by atoms with E-state index in [0.29, 0.717) is 18.2 Å². The number of nitrogens with zero attached hydrogens (tertiary/aromatic N) is 2. The number of phenolic OH excluding ortho intramolecular Hbond substituents is 1. The second-order valence-corrected chi connectivity index (χ2v) is 7.11. The molecule has 4 aromatic rings. The number of hydrogen-bond acceptors (Lipinski definition) is 6. The maximum Gasteiger partial charge on any atom is 0.228 e. The molecule has 1 heterocycles. The number of fused-ring (bicyclic) bond motifs is 1. The van der Waals surface area contributed by atoms with E-state index in [1.54, 1.807) is 18.2 Å². The van der Waals surface area contributed by atoms with E-state index in [9.17, 15) is 9.90 Å². The van der Waals surface area contributed by atoms with Crippen LogP contribution in [0.4, 0.5) is 17.5 Å². The summed E-state index contributed by atoms with van der Waals surface area (Å²) in [6, 6.07) is 22.1. The Morgan fingerprint density at radius 3 is 2.52 bits per heavy atom. The van der Waals surface area contributed by atoms with Crippen LogP contribution in [-0.4, -0.2) is 28.0 Å². The zero-order valence-corrected chi connectivity index (χ0v) is 17.1. The molecule has 7 nitrogen and oxygen atoms in total. The van der Waals surface area contributed by atoms with E-state index in [4.69, 9.17) is 0 Å². The number of aromatic hydroxyl groups is 1. The summed E-state index contributed by atoms with van der Waals surface area (Å²) in [7, 11) is 1.84. The van der Waals surface area contributed by atoms with Gasteiger partial charge < -0.3 is 21.1 Å². The SMILES string of the molecule is CNc1nc(NCc2ccc(NC(=O)Cc3cccc(O)c3)cc2)nc2ccccc12. The molecule has 0 aliphatic rings. The summed E-state index contributed by atoms with van der Waals surface area (Å²) in [4.78, 5) is 21.3. The molecule has 1 amide bonds. The first-order valence-electron chi connectivity index (χ1n) is 9.96. The van der Waals surface area contributed by atoms with Gasteiger partial charge >= 0.3 is 0 Å². The van der Waals surface area contributed by atoms with Crippen LogP contribution < -0.4 is 16.0 Å². The van der Waals surface area contributed by atoms with Crippen LogP contribution in [-0.2, 0) is 17.8 Å². The normalized spacial score (nSPS) is 10.6. The molecule has 0 unspecified atom stereocenters. The van der Waals surface area contributed by atoms with Crippen molar-refractivity contribution < 1.29 is 9.90 Å². The zero-order chi connectivity index (χ0) is 21.6. The summed E-state index contributed by atoms with van der Waals surface area (Å²) in [6.45, 7) is 0.555. The minimum absolute atomic E-state index is 0.138. The molecule has 156 valence electrons. The molecule has 0 atom stereocenters. The lowest BCUT2D eigenvalue weighted by Gasteiger charge is -2.10. The monoisotopic (exact) mass is 413 g/mol. The summed E-state index contributed by atoms with van der Waals surface area (Å²) in [6.07, 6.45) is 0.199. The lowest BCUT2D eigenvalue weighted by atomic mass is 10.1. The Hall–Kier alpha value is -4.13. The smallest absolute Gasteiger partial charge is 0.228 e.